The molecule has 3 N–H and O–H groups in total. The van der Waals surface area contributed by atoms with Crippen molar-refractivity contribution in [1.29, 1.82) is 0 Å². The molecule has 0 radical (unpaired) electrons. The van der Waals surface area contributed by atoms with Gasteiger partial charge in [0.1, 0.15) is 0 Å². The summed E-state index contributed by atoms with van der Waals surface area (Å²) in [6, 6.07) is 9.91. The third-order valence-corrected chi connectivity index (χ3v) is 4.05. The fourth-order valence-electron chi connectivity index (χ4n) is 1.65. The first-order valence-electron chi connectivity index (χ1n) is 7.05. The van der Waals surface area contributed by atoms with Gasteiger partial charge in [-0.25, -0.2) is 4.79 Å². The molecule has 116 valence electrons. The highest BCUT2D eigenvalue weighted by molar-refractivity contribution is 7.99. The van der Waals surface area contributed by atoms with Crippen molar-refractivity contribution in [3.05, 3.63) is 30.3 Å². The summed E-state index contributed by atoms with van der Waals surface area (Å²) in [6.07, 6.45) is 1.36. The number of carbonyl (C=O) groups excluding carboxylic acids is 1. The Morgan fingerprint density at radius 1 is 1.29 bits per heavy atom. The van der Waals surface area contributed by atoms with Crippen molar-refractivity contribution in [3.63, 3.8) is 0 Å². The van der Waals surface area contributed by atoms with Crippen LogP contribution in [0.25, 0.3) is 0 Å². The largest absolute Gasteiger partial charge is 0.481 e. The Bertz CT molecular complexity index is 440. The van der Waals surface area contributed by atoms with Gasteiger partial charge >= 0.3 is 12.0 Å². The molecule has 0 heterocycles. The van der Waals surface area contributed by atoms with Crippen LogP contribution < -0.4 is 10.6 Å². The van der Waals surface area contributed by atoms with Crippen LogP contribution in [0.4, 0.5) is 4.79 Å². The molecule has 0 fully saturated rings. The van der Waals surface area contributed by atoms with Gasteiger partial charge in [0.2, 0.25) is 0 Å². The van der Waals surface area contributed by atoms with E-state index in [1.54, 1.807) is 11.8 Å². The highest BCUT2D eigenvalue weighted by Gasteiger charge is 2.10. The zero-order valence-electron chi connectivity index (χ0n) is 12.2. The molecule has 0 saturated heterocycles. The van der Waals surface area contributed by atoms with Gasteiger partial charge in [0.25, 0.3) is 0 Å². The number of benzene rings is 1. The topological polar surface area (TPSA) is 78.4 Å². The van der Waals surface area contributed by atoms with Crippen molar-refractivity contribution in [3.8, 4) is 0 Å². The first-order valence-corrected chi connectivity index (χ1v) is 8.04. The molecule has 6 heteroatoms. The lowest BCUT2D eigenvalue weighted by Crippen LogP contribution is -2.43. The number of aliphatic carboxylic acids is 1. The normalized spacial score (nSPS) is 11.7. The van der Waals surface area contributed by atoms with Crippen molar-refractivity contribution < 1.29 is 14.7 Å². The van der Waals surface area contributed by atoms with Crippen molar-refractivity contribution in [1.82, 2.24) is 10.6 Å². The minimum absolute atomic E-state index is 0.0708. The highest BCUT2D eigenvalue weighted by Crippen LogP contribution is 2.18. The number of rotatable bonds is 9. The molecule has 0 aliphatic carbocycles. The predicted molar refractivity (Wildman–Crippen MR) is 84.6 cm³/mol. The molecule has 0 spiro atoms. The van der Waals surface area contributed by atoms with Crippen molar-refractivity contribution in [2.45, 2.75) is 37.1 Å². The molecular weight excluding hydrogens is 288 g/mol. The van der Waals surface area contributed by atoms with Crippen LogP contribution in [0.1, 0.15) is 26.2 Å². The van der Waals surface area contributed by atoms with Crippen LogP contribution in [-0.4, -0.2) is 35.4 Å². The summed E-state index contributed by atoms with van der Waals surface area (Å²) in [4.78, 5) is 23.2. The Kier molecular flexibility index (Phi) is 8.35. The Morgan fingerprint density at radius 2 is 2.00 bits per heavy atom. The summed E-state index contributed by atoms with van der Waals surface area (Å²) in [5.74, 6) is -0.0359. The van der Waals surface area contributed by atoms with Gasteiger partial charge in [-0.15, -0.1) is 11.8 Å². The zero-order chi connectivity index (χ0) is 15.5. The van der Waals surface area contributed by atoms with Crippen LogP contribution in [0.2, 0.25) is 0 Å². The van der Waals surface area contributed by atoms with E-state index in [2.05, 4.69) is 10.6 Å². The van der Waals surface area contributed by atoms with Gasteiger partial charge in [0.05, 0.1) is 0 Å². The summed E-state index contributed by atoms with van der Waals surface area (Å²) in [5.41, 5.74) is 0. The lowest BCUT2D eigenvalue weighted by molar-refractivity contribution is -0.137. The lowest BCUT2D eigenvalue weighted by atomic mass is 10.2. The average Bonchev–Trinajstić information content (AvgIpc) is 2.48. The number of nitrogens with one attached hydrogen (secondary N) is 2. The number of carbonyl (C=O) groups is 2. The first kappa shape index (κ1) is 17.4. The van der Waals surface area contributed by atoms with Crippen molar-refractivity contribution in [2.75, 3.05) is 12.3 Å². The molecule has 1 aromatic carbocycles. The molecule has 21 heavy (non-hydrogen) atoms. The summed E-state index contributed by atoms with van der Waals surface area (Å²) in [6.45, 7) is 2.40. The maximum atomic E-state index is 11.7. The highest BCUT2D eigenvalue weighted by atomic mass is 32.2. The number of carboxylic acids is 1. The summed E-state index contributed by atoms with van der Waals surface area (Å²) in [5, 5.41) is 14.1. The fourth-order valence-corrected chi connectivity index (χ4v) is 2.72. The van der Waals surface area contributed by atoms with E-state index < -0.39 is 5.97 Å². The van der Waals surface area contributed by atoms with Crippen LogP contribution in [0, 0.1) is 0 Å². The number of hydrogen-bond donors (Lipinski definition) is 3. The van der Waals surface area contributed by atoms with Gasteiger partial charge in [-0.1, -0.05) is 25.1 Å². The van der Waals surface area contributed by atoms with E-state index in [9.17, 15) is 9.59 Å². The van der Waals surface area contributed by atoms with E-state index in [4.69, 9.17) is 5.11 Å². The molecule has 1 aromatic rings. The Balaban J connectivity index is 2.23. The van der Waals surface area contributed by atoms with E-state index in [1.807, 2.05) is 37.3 Å². The van der Waals surface area contributed by atoms with Crippen LogP contribution in [0.15, 0.2) is 35.2 Å². The summed E-state index contributed by atoms with van der Waals surface area (Å²) >= 11 is 1.71. The molecule has 0 aliphatic heterocycles. The molecule has 1 atom stereocenters. The predicted octanol–water partition coefficient (Wildman–Crippen LogP) is 2.72. The van der Waals surface area contributed by atoms with E-state index in [0.717, 1.165) is 12.2 Å². The third kappa shape index (κ3) is 8.24. The van der Waals surface area contributed by atoms with Gasteiger partial charge in [-0.3, -0.25) is 4.79 Å². The molecule has 0 bridgehead atoms. The molecule has 0 saturated carbocycles. The number of carboxylic acid groups (broad SMARTS) is 1. The van der Waals surface area contributed by atoms with Gasteiger partial charge in [0.15, 0.2) is 0 Å². The number of urea groups is 1. The number of thioether (sulfide) groups is 1. The quantitative estimate of drug-likeness (QED) is 0.484. The number of amides is 2. The molecule has 0 aliphatic rings. The zero-order valence-corrected chi connectivity index (χ0v) is 13.0. The van der Waals surface area contributed by atoms with E-state index in [1.165, 1.54) is 4.90 Å². The molecule has 1 unspecified atom stereocenters. The third-order valence-electron chi connectivity index (χ3n) is 2.88. The molecular formula is C15H22N2O3S. The van der Waals surface area contributed by atoms with Crippen LogP contribution in [0.5, 0.6) is 0 Å². The smallest absolute Gasteiger partial charge is 0.315 e. The minimum atomic E-state index is -0.845. The van der Waals surface area contributed by atoms with Gasteiger partial charge in [-0.05, 0) is 25.0 Å². The second-order valence-corrected chi connectivity index (χ2v) is 5.72. The second kappa shape index (κ2) is 10.1. The monoisotopic (exact) mass is 310 g/mol. The van der Waals surface area contributed by atoms with Crippen molar-refractivity contribution in [2.24, 2.45) is 0 Å². The first-order chi connectivity index (χ1) is 10.1. The average molecular weight is 310 g/mol. The van der Waals surface area contributed by atoms with E-state index >= 15 is 0 Å². The summed E-state index contributed by atoms with van der Waals surface area (Å²) < 4.78 is 0. The fraction of sp³-hybridized carbons (Fsp3) is 0.467. The second-order valence-electron chi connectivity index (χ2n) is 4.63. The Morgan fingerprint density at radius 3 is 2.62 bits per heavy atom. The standard InChI is InChI=1S/C15H22N2O3S/c1-2-12(11-21-13-7-4-3-5-8-13)17-15(20)16-10-6-9-14(18)19/h3-5,7-8,12H,2,6,9-11H2,1H3,(H,18,19)(H2,16,17,20). The van der Waals surface area contributed by atoms with E-state index in [0.29, 0.717) is 13.0 Å². The lowest BCUT2D eigenvalue weighted by Gasteiger charge is -2.17. The van der Waals surface area contributed by atoms with Crippen LogP contribution >= 0.6 is 11.8 Å². The van der Waals surface area contributed by atoms with Gasteiger partial charge in [-0.2, -0.15) is 0 Å². The maximum absolute atomic E-state index is 11.7. The van der Waals surface area contributed by atoms with Gasteiger partial charge in [0, 0.05) is 29.7 Å². The van der Waals surface area contributed by atoms with Crippen molar-refractivity contribution >= 4 is 23.8 Å². The maximum Gasteiger partial charge on any atom is 0.315 e. The molecule has 5 nitrogen and oxygen atoms in total. The Hall–Kier alpha value is -1.69. The van der Waals surface area contributed by atoms with Crippen LogP contribution in [0.3, 0.4) is 0 Å². The minimum Gasteiger partial charge on any atom is -0.481 e. The summed E-state index contributed by atoms with van der Waals surface area (Å²) in [7, 11) is 0. The molecule has 0 aromatic heterocycles. The Labute approximate surface area is 129 Å². The molecule has 1 rings (SSSR count). The van der Waals surface area contributed by atoms with Crippen LogP contribution in [-0.2, 0) is 4.79 Å². The number of hydrogen-bond acceptors (Lipinski definition) is 3. The SMILES string of the molecule is CCC(CSc1ccccc1)NC(=O)NCCCC(=O)O. The van der Waals surface area contributed by atoms with E-state index in [-0.39, 0.29) is 18.5 Å². The molecule has 2 amide bonds. The van der Waals surface area contributed by atoms with Gasteiger partial charge < -0.3 is 15.7 Å².